The molecule has 0 atom stereocenters. The summed E-state index contributed by atoms with van der Waals surface area (Å²) in [5.74, 6) is 0.367. The van der Waals surface area contributed by atoms with E-state index in [0.29, 0.717) is 11.3 Å². The van der Waals surface area contributed by atoms with Crippen molar-refractivity contribution in [1.82, 2.24) is 0 Å². The summed E-state index contributed by atoms with van der Waals surface area (Å²) in [4.78, 5) is 0. The summed E-state index contributed by atoms with van der Waals surface area (Å²) >= 11 is 0. The second-order valence-electron chi connectivity index (χ2n) is 4.71. The number of benzene rings is 1. The normalized spacial score (nSPS) is 12.4. The van der Waals surface area contributed by atoms with Gasteiger partial charge in [-0.3, -0.25) is 0 Å². The van der Waals surface area contributed by atoms with E-state index in [9.17, 15) is 13.2 Å². The summed E-state index contributed by atoms with van der Waals surface area (Å²) in [5.41, 5.74) is -0.544. The molecule has 94 valence electrons. The monoisotopic (exact) mass is 244 g/mol. The van der Waals surface area contributed by atoms with Gasteiger partial charge >= 0.3 is 6.18 Å². The molecular formula is C13H15F3O. The zero-order chi connectivity index (χ0) is 13.3. The molecule has 0 unspecified atom stereocenters. The third kappa shape index (κ3) is 4.13. The van der Waals surface area contributed by atoms with Gasteiger partial charge in [0.15, 0.2) is 0 Å². The van der Waals surface area contributed by atoms with E-state index in [4.69, 9.17) is 4.74 Å². The van der Waals surface area contributed by atoms with Crippen LogP contribution in [0.4, 0.5) is 13.2 Å². The van der Waals surface area contributed by atoms with Gasteiger partial charge in [-0.1, -0.05) is 18.7 Å². The van der Waals surface area contributed by atoms with Crippen molar-refractivity contribution in [2.75, 3.05) is 0 Å². The molecular weight excluding hydrogens is 229 g/mol. The van der Waals surface area contributed by atoms with E-state index in [0.717, 1.165) is 12.1 Å². The minimum absolute atomic E-state index is 0.367. The van der Waals surface area contributed by atoms with Gasteiger partial charge in [-0.25, -0.2) is 0 Å². The molecule has 4 heteroatoms. The first-order valence-corrected chi connectivity index (χ1v) is 5.15. The fraction of sp³-hybridized carbons (Fsp3) is 0.385. The number of rotatable bonds is 2. The van der Waals surface area contributed by atoms with Crippen molar-refractivity contribution in [2.24, 2.45) is 0 Å². The fourth-order valence-corrected chi connectivity index (χ4v) is 1.27. The van der Waals surface area contributed by atoms with E-state index < -0.39 is 17.3 Å². The lowest BCUT2D eigenvalue weighted by Crippen LogP contribution is -2.17. The minimum atomic E-state index is -4.31. The first-order valence-electron chi connectivity index (χ1n) is 5.15. The van der Waals surface area contributed by atoms with Crippen LogP contribution in [0.5, 0.6) is 0 Å². The Kier molecular flexibility index (Phi) is 3.55. The van der Waals surface area contributed by atoms with Crippen molar-refractivity contribution >= 4 is 5.76 Å². The Balaban J connectivity index is 2.85. The first kappa shape index (κ1) is 13.6. The van der Waals surface area contributed by atoms with Crippen molar-refractivity contribution in [2.45, 2.75) is 32.5 Å². The van der Waals surface area contributed by atoms with Gasteiger partial charge in [-0.15, -0.1) is 0 Å². The molecule has 1 rings (SSSR count). The van der Waals surface area contributed by atoms with Crippen LogP contribution in [0, 0.1) is 0 Å². The number of hydrogen-bond donors (Lipinski definition) is 0. The Bertz CT molecular complexity index is 396. The Morgan fingerprint density at radius 1 is 1.06 bits per heavy atom. The number of alkyl halides is 3. The van der Waals surface area contributed by atoms with E-state index in [2.05, 4.69) is 6.58 Å². The number of hydrogen-bond acceptors (Lipinski definition) is 1. The largest absolute Gasteiger partial charge is 0.488 e. The van der Waals surface area contributed by atoms with Crippen LogP contribution in [0.25, 0.3) is 5.76 Å². The van der Waals surface area contributed by atoms with Gasteiger partial charge in [0.25, 0.3) is 0 Å². The lowest BCUT2D eigenvalue weighted by atomic mass is 10.1. The molecule has 0 aliphatic rings. The molecule has 1 nitrogen and oxygen atoms in total. The summed E-state index contributed by atoms with van der Waals surface area (Å²) in [6.07, 6.45) is -4.31. The van der Waals surface area contributed by atoms with Gasteiger partial charge in [0.2, 0.25) is 0 Å². The second kappa shape index (κ2) is 4.43. The third-order valence-electron chi connectivity index (χ3n) is 1.96. The van der Waals surface area contributed by atoms with E-state index in [1.165, 1.54) is 12.1 Å². The molecule has 0 fully saturated rings. The van der Waals surface area contributed by atoms with Gasteiger partial charge in [-0.2, -0.15) is 13.2 Å². The Hall–Kier alpha value is -1.45. The molecule has 0 aliphatic heterocycles. The van der Waals surface area contributed by atoms with E-state index >= 15 is 0 Å². The average Bonchev–Trinajstić information content (AvgIpc) is 2.14. The van der Waals surface area contributed by atoms with E-state index in [-0.39, 0.29) is 0 Å². The Labute approximate surface area is 98.9 Å². The fourth-order valence-electron chi connectivity index (χ4n) is 1.27. The van der Waals surface area contributed by atoms with Gasteiger partial charge in [0.1, 0.15) is 11.4 Å². The highest BCUT2D eigenvalue weighted by Crippen LogP contribution is 2.30. The predicted octanol–water partition coefficient (Wildman–Crippen LogP) is 4.49. The molecule has 0 heterocycles. The van der Waals surface area contributed by atoms with E-state index in [1.807, 2.05) is 20.8 Å². The van der Waals surface area contributed by atoms with Crippen LogP contribution in [0.2, 0.25) is 0 Å². The summed E-state index contributed by atoms with van der Waals surface area (Å²) in [7, 11) is 0. The van der Waals surface area contributed by atoms with Gasteiger partial charge in [-0.05, 0) is 32.9 Å². The SMILES string of the molecule is C=C(OC(C)(C)C)c1ccc(C(F)(F)F)cc1. The third-order valence-corrected chi connectivity index (χ3v) is 1.96. The van der Waals surface area contributed by atoms with Crippen LogP contribution in [0.15, 0.2) is 30.8 Å². The highest BCUT2D eigenvalue weighted by atomic mass is 19.4. The van der Waals surface area contributed by atoms with Crippen molar-refractivity contribution < 1.29 is 17.9 Å². The summed E-state index contributed by atoms with van der Waals surface area (Å²) < 4.78 is 42.5. The van der Waals surface area contributed by atoms with Gasteiger partial charge in [0.05, 0.1) is 5.56 Å². The smallest absolute Gasteiger partial charge is 0.416 e. The van der Waals surface area contributed by atoms with Crippen molar-refractivity contribution in [1.29, 1.82) is 0 Å². The van der Waals surface area contributed by atoms with Crippen LogP contribution in [0.3, 0.4) is 0 Å². The second-order valence-corrected chi connectivity index (χ2v) is 4.71. The first-order chi connectivity index (χ1) is 7.59. The quantitative estimate of drug-likeness (QED) is 0.696. The summed E-state index contributed by atoms with van der Waals surface area (Å²) in [5, 5.41) is 0. The maximum absolute atomic E-state index is 12.3. The standard InChI is InChI=1S/C13H15F3O/c1-9(17-12(2,3)4)10-5-7-11(8-6-10)13(14,15)16/h5-8H,1H2,2-4H3. The Morgan fingerprint density at radius 2 is 1.53 bits per heavy atom. The summed E-state index contributed by atoms with van der Waals surface area (Å²) in [6, 6.07) is 4.76. The molecule has 0 N–H and O–H groups in total. The lowest BCUT2D eigenvalue weighted by Gasteiger charge is -2.23. The minimum Gasteiger partial charge on any atom is -0.488 e. The average molecular weight is 244 g/mol. The molecule has 1 aromatic carbocycles. The molecule has 0 bridgehead atoms. The molecule has 0 spiro atoms. The highest BCUT2D eigenvalue weighted by molar-refractivity contribution is 5.58. The molecule has 0 aliphatic carbocycles. The Morgan fingerprint density at radius 3 is 1.88 bits per heavy atom. The van der Waals surface area contributed by atoms with Crippen LogP contribution in [0.1, 0.15) is 31.9 Å². The van der Waals surface area contributed by atoms with Crippen LogP contribution >= 0.6 is 0 Å². The van der Waals surface area contributed by atoms with Crippen LogP contribution in [-0.2, 0) is 10.9 Å². The zero-order valence-electron chi connectivity index (χ0n) is 10.1. The number of ether oxygens (including phenoxy) is 1. The molecule has 17 heavy (non-hydrogen) atoms. The molecule has 0 saturated heterocycles. The number of halogens is 3. The predicted molar refractivity (Wildman–Crippen MR) is 61.3 cm³/mol. The zero-order valence-corrected chi connectivity index (χ0v) is 10.1. The van der Waals surface area contributed by atoms with Crippen molar-refractivity contribution in [3.05, 3.63) is 42.0 Å². The van der Waals surface area contributed by atoms with E-state index in [1.54, 1.807) is 0 Å². The van der Waals surface area contributed by atoms with Crippen LogP contribution < -0.4 is 0 Å². The van der Waals surface area contributed by atoms with Crippen molar-refractivity contribution in [3.8, 4) is 0 Å². The highest BCUT2D eigenvalue weighted by Gasteiger charge is 2.30. The lowest BCUT2D eigenvalue weighted by molar-refractivity contribution is -0.137. The maximum Gasteiger partial charge on any atom is 0.416 e. The molecule has 0 saturated carbocycles. The molecule has 0 radical (unpaired) electrons. The molecule has 0 amide bonds. The summed E-state index contributed by atoms with van der Waals surface area (Å²) in [6.45, 7) is 9.25. The van der Waals surface area contributed by atoms with Crippen molar-refractivity contribution in [3.63, 3.8) is 0 Å². The topological polar surface area (TPSA) is 9.23 Å². The van der Waals surface area contributed by atoms with Gasteiger partial charge in [0, 0.05) is 5.56 Å². The van der Waals surface area contributed by atoms with Gasteiger partial charge < -0.3 is 4.74 Å². The maximum atomic E-state index is 12.3. The molecule has 0 aromatic heterocycles. The van der Waals surface area contributed by atoms with Crippen LogP contribution in [-0.4, -0.2) is 5.60 Å². The molecule has 1 aromatic rings.